The Morgan fingerprint density at radius 3 is 2.27 bits per heavy atom. The van der Waals surface area contributed by atoms with Crippen molar-refractivity contribution in [3.8, 4) is 0 Å². The van der Waals surface area contributed by atoms with E-state index in [2.05, 4.69) is 11.7 Å². The molecule has 0 aromatic heterocycles. The van der Waals surface area contributed by atoms with E-state index in [1.54, 1.807) is 0 Å². The highest BCUT2D eigenvalue weighted by Crippen LogP contribution is 2.11. The van der Waals surface area contributed by atoms with E-state index in [4.69, 9.17) is 0 Å². The fraction of sp³-hybridized carbons (Fsp3) is 0.300. The SMILES string of the molecule is C=Nc1cccc(C)c1.CC. The van der Waals surface area contributed by atoms with Crippen LogP contribution in [-0.2, 0) is 0 Å². The molecule has 0 unspecified atom stereocenters. The molecular weight excluding hydrogens is 134 g/mol. The maximum atomic E-state index is 3.78. The van der Waals surface area contributed by atoms with Gasteiger partial charge in [-0.05, 0) is 31.3 Å². The molecule has 0 heterocycles. The highest BCUT2D eigenvalue weighted by molar-refractivity contribution is 5.46. The first-order chi connectivity index (χ1) is 5.33. The Balaban J connectivity index is 0.000000461. The van der Waals surface area contributed by atoms with E-state index in [1.807, 2.05) is 45.0 Å². The summed E-state index contributed by atoms with van der Waals surface area (Å²) >= 11 is 0. The van der Waals surface area contributed by atoms with Crippen LogP contribution in [0.15, 0.2) is 29.3 Å². The number of nitrogens with zero attached hydrogens (tertiary/aromatic N) is 1. The summed E-state index contributed by atoms with van der Waals surface area (Å²) in [6.45, 7) is 9.46. The first-order valence-corrected chi connectivity index (χ1v) is 3.86. The molecule has 1 aromatic carbocycles. The summed E-state index contributed by atoms with van der Waals surface area (Å²) in [7, 11) is 0. The Morgan fingerprint density at radius 1 is 1.27 bits per heavy atom. The van der Waals surface area contributed by atoms with Crippen LogP contribution < -0.4 is 0 Å². The monoisotopic (exact) mass is 149 g/mol. The van der Waals surface area contributed by atoms with E-state index in [0.717, 1.165) is 5.69 Å². The summed E-state index contributed by atoms with van der Waals surface area (Å²) in [5.41, 5.74) is 2.16. The summed E-state index contributed by atoms with van der Waals surface area (Å²) in [5.74, 6) is 0. The Bertz CT molecular complexity index is 216. The lowest BCUT2D eigenvalue weighted by molar-refractivity contribution is 1.44. The van der Waals surface area contributed by atoms with Gasteiger partial charge in [0, 0.05) is 0 Å². The lowest BCUT2D eigenvalue weighted by atomic mass is 10.2. The molecular formula is C10H15N. The molecule has 0 N–H and O–H groups in total. The number of hydrogen-bond acceptors (Lipinski definition) is 1. The zero-order chi connectivity index (χ0) is 8.69. The van der Waals surface area contributed by atoms with Gasteiger partial charge in [0.1, 0.15) is 0 Å². The van der Waals surface area contributed by atoms with Gasteiger partial charge in [0.2, 0.25) is 0 Å². The van der Waals surface area contributed by atoms with Crippen LogP contribution in [0.4, 0.5) is 5.69 Å². The molecule has 0 saturated heterocycles. The van der Waals surface area contributed by atoms with Crippen LogP contribution in [0.5, 0.6) is 0 Å². The van der Waals surface area contributed by atoms with Crippen LogP contribution >= 0.6 is 0 Å². The summed E-state index contributed by atoms with van der Waals surface area (Å²) in [6, 6.07) is 7.93. The van der Waals surface area contributed by atoms with Gasteiger partial charge >= 0.3 is 0 Å². The van der Waals surface area contributed by atoms with Crippen LogP contribution in [0.25, 0.3) is 0 Å². The molecule has 60 valence electrons. The molecule has 11 heavy (non-hydrogen) atoms. The minimum Gasteiger partial charge on any atom is -0.265 e. The summed E-state index contributed by atoms with van der Waals surface area (Å²) in [6.07, 6.45) is 0. The van der Waals surface area contributed by atoms with Gasteiger partial charge < -0.3 is 0 Å². The molecule has 0 aliphatic carbocycles. The van der Waals surface area contributed by atoms with Crippen molar-refractivity contribution in [2.45, 2.75) is 20.8 Å². The maximum Gasteiger partial charge on any atom is 0.0625 e. The van der Waals surface area contributed by atoms with Crippen molar-refractivity contribution in [2.24, 2.45) is 4.99 Å². The third kappa shape index (κ3) is 3.56. The molecule has 0 amide bonds. The quantitative estimate of drug-likeness (QED) is 0.543. The smallest absolute Gasteiger partial charge is 0.0625 e. The Labute approximate surface area is 68.8 Å². The van der Waals surface area contributed by atoms with E-state index in [1.165, 1.54) is 5.56 Å². The van der Waals surface area contributed by atoms with Crippen molar-refractivity contribution in [3.63, 3.8) is 0 Å². The molecule has 0 saturated carbocycles. The number of aryl methyl sites for hydroxylation is 1. The summed E-state index contributed by atoms with van der Waals surface area (Å²) in [4.78, 5) is 3.78. The average Bonchev–Trinajstić information content (AvgIpc) is 2.08. The van der Waals surface area contributed by atoms with Crippen LogP contribution in [0.1, 0.15) is 19.4 Å². The van der Waals surface area contributed by atoms with Gasteiger partial charge in [0.15, 0.2) is 0 Å². The lowest BCUT2D eigenvalue weighted by Gasteiger charge is -1.91. The lowest BCUT2D eigenvalue weighted by Crippen LogP contribution is -1.67. The molecule has 1 heteroatoms. The largest absolute Gasteiger partial charge is 0.265 e. The van der Waals surface area contributed by atoms with Crippen LogP contribution in [0.2, 0.25) is 0 Å². The van der Waals surface area contributed by atoms with Crippen molar-refractivity contribution in [2.75, 3.05) is 0 Å². The molecule has 0 fully saturated rings. The van der Waals surface area contributed by atoms with E-state index < -0.39 is 0 Å². The third-order valence-electron chi connectivity index (χ3n) is 1.18. The highest BCUT2D eigenvalue weighted by atomic mass is 14.7. The number of rotatable bonds is 1. The number of benzene rings is 1. The second kappa shape index (κ2) is 5.66. The van der Waals surface area contributed by atoms with Gasteiger partial charge in [-0.1, -0.05) is 26.0 Å². The van der Waals surface area contributed by atoms with E-state index >= 15 is 0 Å². The van der Waals surface area contributed by atoms with Crippen molar-refractivity contribution >= 4 is 12.4 Å². The molecule has 0 aliphatic rings. The van der Waals surface area contributed by atoms with Gasteiger partial charge in [0.05, 0.1) is 5.69 Å². The van der Waals surface area contributed by atoms with Gasteiger partial charge in [0.25, 0.3) is 0 Å². The van der Waals surface area contributed by atoms with Gasteiger partial charge in [-0.2, -0.15) is 0 Å². The molecule has 1 rings (SSSR count). The molecule has 0 spiro atoms. The fourth-order valence-corrected chi connectivity index (χ4v) is 0.726. The van der Waals surface area contributed by atoms with Crippen molar-refractivity contribution in [1.29, 1.82) is 0 Å². The van der Waals surface area contributed by atoms with Crippen molar-refractivity contribution in [3.05, 3.63) is 29.8 Å². The average molecular weight is 149 g/mol. The predicted molar refractivity (Wildman–Crippen MR) is 51.7 cm³/mol. The normalized spacial score (nSPS) is 7.91. The van der Waals surface area contributed by atoms with Crippen molar-refractivity contribution in [1.82, 2.24) is 0 Å². The van der Waals surface area contributed by atoms with Crippen molar-refractivity contribution < 1.29 is 0 Å². The second-order valence-electron chi connectivity index (χ2n) is 2.00. The summed E-state index contributed by atoms with van der Waals surface area (Å²) < 4.78 is 0. The van der Waals surface area contributed by atoms with Crippen LogP contribution in [-0.4, -0.2) is 6.72 Å². The minimum atomic E-state index is 0.940. The maximum absolute atomic E-state index is 3.78. The topological polar surface area (TPSA) is 12.4 Å². The van der Waals surface area contributed by atoms with Gasteiger partial charge in [-0.25, -0.2) is 0 Å². The van der Waals surface area contributed by atoms with E-state index in [-0.39, 0.29) is 0 Å². The fourth-order valence-electron chi connectivity index (χ4n) is 0.726. The number of hydrogen-bond donors (Lipinski definition) is 0. The minimum absolute atomic E-state index is 0.940. The molecule has 0 aliphatic heterocycles. The van der Waals surface area contributed by atoms with Gasteiger partial charge in [-0.3, -0.25) is 4.99 Å². The van der Waals surface area contributed by atoms with Crippen LogP contribution in [0.3, 0.4) is 0 Å². The summed E-state index contributed by atoms with van der Waals surface area (Å²) in [5, 5.41) is 0. The van der Waals surface area contributed by atoms with E-state index in [0.29, 0.717) is 0 Å². The van der Waals surface area contributed by atoms with E-state index in [9.17, 15) is 0 Å². The molecule has 0 bridgehead atoms. The van der Waals surface area contributed by atoms with Gasteiger partial charge in [-0.15, -0.1) is 0 Å². The highest BCUT2D eigenvalue weighted by Gasteiger charge is 1.84. The second-order valence-corrected chi connectivity index (χ2v) is 2.00. The molecule has 0 atom stereocenters. The Hall–Kier alpha value is -1.11. The Morgan fingerprint density at radius 2 is 1.91 bits per heavy atom. The zero-order valence-corrected chi connectivity index (χ0v) is 7.46. The standard InChI is InChI=1S/C8H9N.C2H6/c1-7-4-3-5-8(6-7)9-2;1-2/h3-6H,2H2,1H3;1-2H3. The predicted octanol–water partition coefficient (Wildman–Crippen LogP) is 3.35. The Kier molecular flexibility index (Phi) is 5.09. The third-order valence-corrected chi connectivity index (χ3v) is 1.18. The molecule has 0 radical (unpaired) electrons. The molecule has 1 nitrogen and oxygen atoms in total. The first kappa shape index (κ1) is 9.89. The first-order valence-electron chi connectivity index (χ1n) is 3.86. The molecule has 1 aromatic rings. The zero-order valence-electron chi connectivity index (χ0n) is 7.46. The number of aliphatic imine (C=N–C) groups is 1. The van der Waals surface area contributed by atoms with Crippen LogP contribution in [0, 0.1) is 6.92 Å².